The van der Waals surface area contributed by atoms with E-state index in [0.717, 1.165) is 58.5 Å². The van der Waals surface area contributed by atoms with E-state index in [1.807, 2.05) is 55.1 Å². The molecule has 1 amide bonds. The van der Waals surface area contributed by atoms with Crippen molar-refractivity contribution in [2.45, 2.75) is 46.1 Å². The van der Waals surface area contributed by atoms with Crippen molar-refractivity contribution in [2.24, 2.45) is 0 Å². The Morgan fingerprint density at radius 1 is 1.19 bits per heavy atom. The lowest BCUT2D eigenvalue weighted by Gasteiger charge is -2.25. The smallest absolute Gasteiger partial charge is 0.261 e. The minimum atomic E-state index is -0.0450. The Morgan fingerprint density at radius 2 is 1.97 bits per heavy atom. The quantitative estimate of drug-likeness (QED) is 0.582. The monoisotopic (exact) mass is 437 g/mol. The maximum Gasteiger partial charge on any atom is 0.261 e. The summed E-state index contributed by atoms with van der Waals surface area (Å²) in [6.07, 6.45) is 2.70. The summed E-state index contributed by atoms with van der Waals surface area (Å²) in [6.45, 7) is 6.80. The number of pyridine rings is 1. The summed E-state index contributed by atoms with van der Waals surface area (Å²) >= 11 is 1.52. The molecule has 1 aliphatic heterocycles. The number of nitrogens with zero attached hydrogens (tertiary/aromatic N) is 4. The van der Waals surface area contributed by atoms with E-state index in [2.05, 4.69) is 22.4 Å². The van der Waals surface area contributed by atoms with Crippen LogP contribution in [0.15, 0.2) is 36.4 Å². The number of amides is 1. The normalized spacial score (nSPS) is 15.8. The van der Waals surface area contributed by atoms with Crippen LogP contribution in [0.1, 0.15) is 47.6 Å². The van der Waals surface area contributed by atoms with E-state index >= 15 is 0 Å². The second-order valence-corrected chi connectivity index (χ2v) is 8.74. The Kier molecular flexibility index (Phi) is 6.46. The molecule has 31 heavy (non-hydrogen) atoms. The van der Waals surface area contributed by atoms with E-state index in [0.29, 0.717) is 5.82 Å². The number of rotatable bonds is 7. The maximum absolute atomic E-state index is 13.0. The third-order valence-corrected chi connectivity index (χ3v) is 6.42. The van der Waals surface area contributed by atoms with Gasteiger partial charge in [-0.15, -0.1) is 10.2 Å². The molecule has 0 bridgehead atoms. The molecule has 8 heteroatoms. The van der Waals surface area contributed by atoms with Crippen LogP contribution in [0, 0.1) is 13.8 Å². The molecule has 0 aliphatic carbocycles. The molecule has 1 aromatic carbocycles. The number of hydrogen-bond donors (Lipinski definition) is 1. The highest BCUT2D eigenvalue weighted by molar-refractivity contribution is 7.15. The SMILES string of the molecule is CCc1nnc(Nc2cccc([C@@H]3CCCN3C(=O)COc3c(C)cccc3C)n2)s1. The van der Waals surface area contributed by atoms with Crippen molar-refractivity contribution < 1.29 is 9.53 Å². The lowest BCUT2D eigenvalue weighted by molar-refractivity contribution is -0.134. The Balaban J connectivity index is 1.44. The number of nitrogens with one attached hydrogen (secondary N) is 1. The van der Waals surface area contributed by atoms with Crippen LogP contribution in [0.5, 0.6) is 5.75 Å². The predicted molar refractivity (Wildman–Crippen MR) is 122 cm³/mol. The fourth-order valence-corrected chi connectivity index (χ4v) is 4.57. The minimum Gasteiger partial charge on any atom is -0.483 e. The number of aryl methyl sites for hydroxylation is 3. The zero-order valence-corrected chi connectivity index (χ0v) is 18.9. The molecule has 162 valence electrons. The number of likely N-dealkylation sites (tertiary alicyclic amines) is 1. The van der Waals surface area contributed by atoms with Crippen molar-refractivity contribution in [3.63, 3.8) is 0 Å². The molecule has 0 saturated carbocycles. The van der Waals surface area contributed by atoms with Gasteiger partial charge in [0.25, 0.3) is 5.91 Å². The number of ether oxygens (including phenoxy) is 1. The van der Waals surface area contributed by atoms with Gasteiger partial charge in [0.05, 0.1) is 11.7 Å². The molecule has 2 aromatic heterocycles. The predicted octanol–water partition coefficient (Wildman–Crippen LogP) is 4.60. The lowest BCUT2D eigenvalue weighted by Crippen LogP contribution is -2.35. The van der Waals surface area contributed by atoms with Crippen LogP contribution >= 0.6 is 11.3 Å². The topological polar surface area (TPSA) is 80.2 Å². The Labute approximate surface area is 186 Å². The van der Waals surface area contributed by atoms with Gasteiger partial charge in [-0.2, -0.15) is 0 Å². The van der Waals surface area contributed by atoms with E-state index in [9.17, 15) is 4.79 Å². The van der Waals surface area contributed by atoms with Gasteiger partial charge in [-0.25, -0.2) is 4.98 Å². The van der Waals surface area contributed by atoms with Crippen molar-refractivity contribution in [1.82, 2.24) is 20.1 Å². The second-order valence-electron chi connectivity index (χ2n) is 7.68. The highest BCUT2D eigenvalue weighted by atomic mass is 32.1. The first-order chi connectivity index (χ1) is 15.0. The average Bonchev–Trinajstić information content (AvgIpc) is 3.43. The van der Waals surface area contributed by atoms with E-state index in [1.54, 1.807) is 0 Å². The van der Waals surface area contributed by atoms with Crippen LogP contribution < -0.4 is 10.1 Å². The average molecular weight is 438 g/mol. The number of benzene rings is 1. The first kappa shape index (κ1) is 21.2. The number of anilines is 2. The number of para-hydroxylation sites is 1. The molecule has 7 nitrogen and oxygen atoms in total. The van der Waals surface area contributed by atoms with E-state index in [4.69, 9.17) is 9.72 Å². The van der Waals surface area contributed by atoms with E-state index < -0.39 is 0 Å². The van der Waals surface area contributed by atoms with Gasteiger partial charge >= 0.3 is 0 Å². The molecular formula is C23H27N5O2S. The van der Waals surface area contributed by atoms with Crippen molar-refractivity contribution in [3.05, 3.63) is 58.2 Å². The molecule has 0 unspecified atom stereocenters. The first-order valence-corrected chi connectivity index (χ1v) is 11.4. The molecular weight excluding hydrogens is 410 g/mol. The van der Waals surface area contributed by atoms with Gasteiger partial charge in [-0.05, 0) is 56.4 Å². The van der Waals surface area contributed by atoms with Crippen LogP contribution in [-0.4, -0.2) is 39.1 Å². The van der Waals surface area contributed by atoms with Crippen LogP contribution in [0.2, 0.25) is 0 Å². The van der Waals surface area contributed by atoms with Gasteiger partial charge in [-0.1, -0.05) is 42.5 Å². The van der Waals surface area contributed by atoms with Crippen molar-refractivity contribution in [3.8, 4) is 5.75 Å². The highest BCUT2D eigenvalue weighted by Gasteiger charge is 2.31. The first-order valence-electron chi connectivity index (χ1n) is 10.6. The third-order valence-electron chi connectivity index (χ3n) is 5.44. The second kappa shape index (κ2) is 9.43. The fourth-order valence-electron chi connectivity index (χ4n) is 3.88. The van der Waals surface area contributed by atoms with Gasteiger partial charge in [0.1, 0.15) is 16.6 Å². The van der Waals surface area contributed by atoms with E-state index in [-0.39, 0.29) is 18.6 Å². The molecule has 4 rings (SSSR count). The Hall–Kier alpha value is -3.00. The fraction of sp³-hybridized carbons (Fsp3) is 0.391. The standard InChI is InChI=1S/C23H27N5O2S/c1-4-20-26-27-23(31-20)25-19-12-6-10-17(24-19)18-11-7-13-28(18)21(29)14-30-22-15(2)8-5-9-16(22)3/h5-6,8-10,12,18H,4,7,11,13-14H2,1-3H3,(H,24,25,27)/t18-/m0/s1. The van der Waals surface area contributed by atoms with Crippen LogP contribution in [0.25, 0.3) is 0 Å². The van der Waals surface area contributed by atoms with Crippen molar-refractivity contribution in [2.75, 3.05) is 18.5 Å². The summed E-state index contributed by atoms with van der Waals surface area (Å²) in [6, 6.07) is 11.8. The summed E-state index contributed by atoms with van der Waals surface area (Å²) in [5, 5.41) is 13.2. The molecule has 0 spiro atoms. The summed E-state index contributed by atoms with van der Waals surface area (Å²) < 4.78 is 5.90. The number of aromatic nitrogens is 3. The molecule has 1 saturated heterocycles. The maximum atomic E-state index is 13.0. The summed E-state index contributed by atoms with van der Waals surface area (Å²) in [5.74, 6) is 1.49. The molecule has 0 radical (unpaired) electrons. The van der Waals surface area contributed by atoms with Gasteiger partial charge in [0, 0.05) is 6.54 Å². The van der Waals surface area contributed by atoms with Gasteiger partial charge in [-0.3, -0.25) is 4.79 Å². The Bertz CT molecular complexity index is 1050. The number of carbonyl (C=O) groups excluding carboxylic acids is 1. The molecule has 1 N–H and O–H groups in total. The van der Waals surface area contributed by atoms with Crippen molar-refractivity contribution >= 4 is 28.2 Å². The molecule has 1 atom stereocenters. The van der Waals surface area contributed by atoms with E-state index in [1.165, 1.54) is 11.3 Å². The number of carbonyl (C=O) groups is 1. The van der Waals surface area contributed by atoms with Crippen LogP contribution in [-0.2, 0) is 11.2 Å². The van der Waals surface area contributed by atoms with Gasteiger partial charge < -0.3 is 15.0 Å². The lowest BCUT2D eigenvalue weighted by atomic mass is 10.1. The molecule has 3 aromatic rings. The molecule has 3 heterocycles. The third kappa shape index (κ3) is 4.85. The minimum absolute atomic E-state index is 0.0120. The van der Waals surface area contributed by atoms with Crippen LogP contribution in [0.3, 0.4) is 0 Å². The van der Waals surface area contributed by atoms with Crippen LogP contribution in [0.4, 0.5) is 10.9 Å². The highest BCUT2D eigenvalue weighted by Crippen LogP contribution is 2.32. The summed E-state index contributed by atoms with van der Waals surface area (Å²) in [7, 11) is 0. The number of hydrogen-bond acceptors (Lipinski definition) is 7. The summed E-state index contributed by atoms with van der Waals surface area (Å²) in [5.41, 5.74) is 2.95. The largest absolute Gasteiger partial charge is 0.483 e. The molecule has 1 aliphatic rings. The molecule has 1 fully saturated rings. The van der Waals surface area contributed by atoms with Gasteiger partial charge in [0.15, 0.2) is 6.61 Å². The zero-order valence-electron chi connectivity index (χ0n) is 18.1. The van der Waals surface area contributed by atoms with Crippen molar-refractivity contribution in [1.29, 1.82) is 0 Å². The summed E-state index contributed by atoms with van der Waals surface area (Å²) in [4.78, 5) is 19.6. The Morgan fingerprint density at radius 3 is 2.71 bits per heavy atom. The zero-order chi connectivity index (χ0) is 21.8. The van der Waals surface area contributed by atoms with Gasteiger partial charge in [0.2, 0.25) is 5.13 Å².